The molecule has 0 saturated heterocycles. The summed E-state index contributed by atoms with van der Waals surface area (Å²) in [6.07, 6.45) is 0. The zero-order valence-electron chi connectivity index (χ0n) is 10.4. The number of nitrogens with zero attached hydrogens (tertiary/aromatic N) is 2. The molecular weight excluding hydrogens is 264 g/mol. The minimum atomic E-state index is -0.371. The second kappa shape index (κ2) is 5.57. The van der Waals surface area contributed by atoms with Crippen LogP contribution in [0.15, 0.2) is 24.3 Å². The minimum Gasteiger partial charge on any atom is -0.465 e. The number of aromatic amines is 1. The van der Waals surface area contributed by atoms with E-state index in [1.165, 1.54) is 7.11 Å². The third-order valence-electron chi connectivity index (χ3n) is 2.44. The van der Waals surface area contributed by atoms with Crippen LogP contribution in [0.3, 0.4) is 0 Å². The molecule has 0 unspecified atom stereocenters. The summed E-state index contributed by atoms with van der Waals surface area (Å²) in [5.74, 6) is 0.208. The molecule has 2 N–H and O–H groups in total. The summed E-state index contributed by atoms with van der Waals surface area (Å²) in [7, 11) is 1.35. The standard InChI is InChI=1S/C12H12N4O2S/c1-7-10(14-12(19)16-15-7)13-9-5-3-8(4-6-9)11(17)18-2/h3-6H,1-2H3,(H2,13,14,16,19). The number of methoxy groups -OCH3 is 1. The van der Waals surface area contributed by atoms with Gasteiger partial charge in [0, 0.05) is 5.69 Å². The van der Waals surface area contributed by atoms with Gasteiger partial charge in [-0.3, -0.25) is 5.10 Å². The molecule has 0 aliphatic rings. The number of carbonyl (C=O) groups is 1. The average Bonchev–Trinajstić information content (AvgIpc) is 2.43. The van der Waals surface area contributed by atoms with Crippen LogP contribution in [0, 0.1) is 11.7 Å². The zero-order valence-corrected chi connectivity index (χ0v) is 11.2. The lowest BCUT2D eigenvalue weighted by molar-refractivity contribution is 0.0601. The molecule has 19 heavy (non-hydrogen) atoms. The first-order chi connectivity index (χ1) is 9.10. The van der Waals surface area contributed by atoms with Crippen LogP contribution in [0.5, 0.6) is 0 Å². The van der Waals surface area contributed by atoms with Crippen LogP contribution < -0.4 is 5.32 Å². The average molecular weight is 276 g/mol. The molecular formula is C12H12N4O2S. The summed E-state index contributed by atoms with van der Waals surface area (Å²) in [6.45, 7) is 1.81. The second-order valence-electron chi connectivity index (χ2n) is 3.77. The SMILES string of the molecule is COC(=O)c1ccc(Nc2nc(=S)[nH]nc2C)cc1. The van der Waals surface area contributed by atoms with Crippen LogP contribution in [0.1, 0.15) is 16.1 Å². The summed E-state index contributed by atoms with van der Waals surface area (Å²) in [4.78, 5) is 15.4. The highest BCUT2D eigenvalue weighted by atomic mass is 32.1. The van der Waals surface area contributed by atoms with Crippen molar-refractivity contribution in [3.8, 4) is 0 Å². The smallest absolute Gasteiger partial charge is 0.337 e. The number of rotatable bonds is 3. The van der Waals surface area contributed by atoms with E-state index < -0.39 is 0 Å². The molecule has 0 bridgehead atoms. The van der Waals surface area contributed by atoms with Gasteiger partial charge in [0.05, 0.1) is 12.7 Å². The third-order valence-corrected chi connectivity index (χ3v) is 2.63. The summed E-state index contributed by atoms with van der Waals surface area (Å²) >= 11 is 4.92. The fraction of sp³-hybridized carbons (Fsp3) is 0.167. The molecule has 6 nitrogen and oxygen atoms in total. The first-order valence-electron chi connectivity index (χ1n) is 5.49. The summed E-state index contributed by atoms with van der Waals surface area (Å²) in [5.41, 5.74) is 1.97. The minimum absolute atomic E-state index is 0.305. The molecule has 0 atom stereocenters. The van der Waals surface area contributed by atoms with Gasteiger partial charge in [0.25, 0.3) is 0 Å². The van der Waals surface area contributed by atoms with Crippen molar-refractivity contribution in [3.05, 3.63) is 40.3 Å². The zero-order chi connectivity index (χ0) is 13.8. The lowest BCUT2D eigenvalue weighted by Crippen LogP contribution is -2.03. The van der Waals surface area contributed by atoms with Crippen molar-refractivity contribution in [1.29, 1.82) is 0 Å². The number of aromatic nitrogens is 3. The Morgan fingerprint density at radius 1 is 1.37 bits per heavy atom. The molecule has 0 radical (unpaired) electrons. The Bertz CT molecular complexity index is 652. The normalized spacial score (nSPS) is 10.0. The van der Waals surface area contributed by atoms with Crippen molar-refractivity contribution in [1.82, 2.24) is 15.2 Å². The largest absolute Gasteiger partial charge is 0.465 e. The Morgan fingerprint density at radius 2 is 2.05 bits per heavy atom. The van der Waals surface area contributed by atoms with Gasteiger partial charge in [-0.25, -0.2) is 4.79 Å². The first-order valence-corrected chi connectivity index (χ1v) is 5.89. The number of aryl methyl sites for hydroxylation is 1. The van der Waals surface area contributed by atoms with E-state index in [-0.39, 0.29) is 5.97 Å². The Morgan fingerprint density at radius 3 is 2.68 bits per heavy atom. The van der Waals surface area contributed by atoms with Crippen molar-refractivity contribution in [2.45, 2.75) is 6.92 Å². The Balaban J connectivity index is 2.22. The van der Waals surface area contributed by atoms with Gasteiger partial charge in [-0.15, -0.1) is 0 Å². The predicted molar refractivity (Wildman–Crippen MR) is 73.0 cm³/mol. The Hall–Kier alpha value is -2.28. The molecule has 0 spiro atoms. The summed E-state index contributed by atoms with van der Waals surface area (Å²) in [5, 5.41) is 9.70. The Labute approximate surface area is 114 Å². The lowest BCUT2D eigenvalue weighted by Gasteiger charge is -2.07. The van der Waals surface area contributed by atoms with Crippen molar-refractivity contribution in [2.75, 3.05) is 12.4 Å². The molecule has 0 saturated carbocycles. The number of H-pyrrole nitrogens is 1. The number of ether oxygens (including phenoxy) is 1. The molecule has 1 aromatic heterocycles. The monoisotopic (exact) mass is 276 g/mol. The molecule has 7 heteroatoms. The van der Waals surface area contributed by atoms with Crippen LogP contribution in [-0.4, -0.2) is 28.3 Å². The molecule has 0 amide bonds. The summed E-state index contributed by atoms with van der Waals surface area (Å²) < 4.78 is 4.93. The van der Waals surface area contributed by atoms with E-state index in [0.29, 0.717) is 21.8 Å². The van der Waals surface area contributed by atoms with Gasteiger partial charge in [0.2, 0.25) is 4.77 Å². The van der Waals surface area contributed by atoms with Crippen LogP contribution in [-0.2, 0) is 4.74 Å². The van der Waals surface area contributed by atoms with Gasteiger partial charge >= 0.3 is 5.97 Å². The number of benzene rings is 1. The second-order valence-corrected chi connectivity index (χ2v) is 4.16. The van der Waals surface area contributed by atoms with E-state index in [2.05, 4.69) is 25.2 Å². The Kier molecular flexibility index (Phi) is 3.86. The molecule has 2 rings (SSSR count). The molecule has 1 aromatic carbocycles. The van der Waals surface area contributed by atoms with E-state index in [4.69, 9.17) is 12.2 Å². The molecule has 2 aromatic rings. The lowest BCUT2D eigenvalue weighted by atomic mass is 10.2. The number of carbonyl (C=O) groups excluding carboxylic acids is 1. The highest BCUT2D eigenvalue weighted by Crippen LogP contribution is 2.17. The quantitative estimate of drug-likeness (QED) is 0.662. The number of hydrogen-bond donors (Lipinski definition) is 2. The van der Waals surface area contributed by atoms with E-state index in [1.807, 2.05) is 6.92 Å². The van der Waals surface area contributed by atoms with Crippen molar-refractivity contribution in [3.63, 3.8) is 0 Å². The van der Waals surface area contributed by atoms with Gasteiger partial charge < -0.3 is 10.1 Å². The maximum absolute atomic E-state index is 11.3. The van der Waals surface area contributed by atoms with Gasteiger partial charge in [0.1, 0.15) is 5.69 Å². The van der Waals surface area contributed by atoms with Crippen molar-refractivity contribution < 1.29 is 9.53 Å². The molecule has 0 fully saturated rings. The fourth-order valence-corrected chi connectivity index (χ4v) is 1.59. The van der Waals surface area contributed by atoms with E-state index in [1.54, 1.807) is 24.3 Å². The van der Waals surface area contributed by atoms with Crippen molar-refractivity contribution in [2.24, 2.45) is 0 Å². The van der Waals surface area contributed by atoms with Crippen LogP contribution in [0.2, 0.25) is 0 Å². The van der Waals surface area contributed by atoms with E-state index in [9.17, 15) is 4.79 Å². The maximum Gasteiger partial charge on any atom is 0.337 e. The topological polar surface area (TPSA) is 79.9 Å². The van der Waals surface area contributed by atoms with Crippen LogP contribution in [0.4, 0.5) is 11.5 Å². The van der Waals surface area contributed by atoms with E-state index >= 15 is 0 Å². The predicted octanol–water partition coefficient (Wildman–Crippen LogP) is 2.37. The number of esters is 1. The highest BCUT2D eigenvalue weighted by Gasteiger charge is 2.06. The first kappa shape index (κ1) is 13.2. The number of hydrogen-bond acceptors (Lipinski definition) is 6. The van der Waals surface area contributed by atoms with Crippen LogP contribution in [0.25, 0.3) is 0 Å². The number of anilines is 2. The molecule has 98 valence electrons. The molecule has 0 aliphatic carbocycles. The highest BCUT2D eigenvalue weighted by molar-refractivity contribution is 7.71. The van der Waals surface area contributed by atoms with Crippen molar-refractivity contribution >= 4 is 29.7 Å². The van der Waals surface area contributed by atoms with Gasteiger partial charge in [-0.1, -0.05) is 0 Å². The van der Waals surface area contributed by atoms with Gasteiger partial charge in [-0.05, 0) is 43.4 Å². The molecule has 0 aliphatic heterocycles. The maximum atomic E-state index is 11.3. The third kappa shape index (κ3) is 3.14. The van der Waals surface area contributed by atoms with Gasteiger partial charge in [-0.2, -0.15) is 10.1 Å². The van der Waals surface area contributed by atoms with Gasteiger partial charge in [0.15, 0.2) is 5.82 Å². The van der Waals surface area contributed by atoms with E-state index in [0.717, 1.165) is 5.69 Å². The summed E-state index contributed by atoms with van der Waals surface area (Å²) in [6, 6.07) is 6.85. The molecule has 1 heterocycles. The number of nitrogens with one attached hydrogen (secondary N) is 2. The van der Waals surface area contributed by atoms with Crippen LogP contribution >= 0.6 is 12.2 Å². The fourth-order valence-electron chi connectivity index (χ4n) is 1.45.